The van der Waals surface area contributed by atoms with Crippen LogP contribution in [0, 0.1) is 23.0 Å². The summed E-state index contributed by atoms with van der Waals surface area (Å²) in [6, 6.07) is 6.40. The van der Waals surface area contributed by atoms with E-state index in [4.69, 9.17) is 21.1 Å². The maximum Gasteiger partial charge on any atom is 0.259 e. The van der Waals surface area contributed by atoms with Gasteiger partial charge >= 0.3 is 0 Å². The molecule has 3 N–H and O–H groups in total. The number of anilines is 1. The lowest BCUT2D eigenvalue weighted by atomic mass is 9.85. The lowest BCUT2D eigenvalue weighted by molar-refractivity contribution is -0.141. The Balaban J connectivity index is 0.00000331. The Kier molecular flexibility index (Phi) is 13.5. The molecule has 7 rings (SSSR count). The number of halogens is 5. The number of pyridine rings is 1. The molecule has 0 radical (unpaired) electrons. The fraction of sp³-hybridized carbons (Fsp3) is 0.410. The number of likely N-dealkylation sites (tertiary alicyclic amines) is 1. The smallest absolute Gasteiger partial charge is 0.259 e. The van der Waals surface area contributed by atoms with Crippen molar-refractivity contribution in [1.29, 1.82) is 0 Å². The van der Waals surface area contributed by atoms with Crippen LogP contribution in [0.3, 0.4) is 0 Å². The maximum atomic E-state index is 14.8. The van der Waals surface area contributed by atoms with Gasteiger partial charge in [0, 0.05) is 33.5 Å². The number of nitrogens with one attached hydrogen (secondary N) is 3. The van der Waals surface area contributed by atoms with Gasteiger partial charge in [0.05, 0.1) is 36.4 Å². The molecule has 20 heteroatoms. The molecule has 1 saturated heterocycles. The summed E-state index contributed by atoms with van der Waals surface area (Å²) in [7, 11) is -2.43. The topological polar surface area (TPSA) is 169 Å². The molecule has 3 amide bonds. The summed E-state index contributed by atoms with van der Waals surface area (Å²) in [5.74, 6) is -3.58. The number of amides is 3. The second-order valence-corrected chi connectivity index (χ2v) is 18.8. The van der Waals surface area contributed by atoms with Crippen molar-refractivity contribution >= 4 is 91.4 Å². The zero-order valence-corrected chi connectivity index (χ0v) is 36.3. The molecular weight excluding hydrogens is 873 g/mol. The zero-order chi connectivity index (χ0) is 41.0. The van der Waals surface area contributed by atoms with Crippen LogP contribution < -0.4 is 24.8 Å². The minimum Gasteiger partial charge on any atom is -0.494 e. The molecule has 0 unspecified atom stereocenters. The van der Waals surface area contributed by atoms with Crippen LogP contribution >= 0.6 is 47.8 Å². The highest BCUT2D eigenvalue weighted by Gasteiger charge is 2.62. The van der Waals surface area contributed by atoms with E-state index in [1.165, 1.54) is 35.7 Å². The fourth-order valence-corrected chi connectivity index (χ4v) is 9.38. The molecule has 2 aromatic heterocycles. The number of aromatic nitrogens is 2. The van der Waals surface area contributed by atoms with Crippen LogP contribution in [0.2, 0.25) is 5.02 Å². The molecule has 2 aliphatic carbocycles. The molecule has 3 fully saturated rings. The van der Waals surface area contributed by atoms with Gasteiger partial charge in [0.1, 0.15) is 41.1 Å². The van der Waals surface area contributed by atoms with Crippen molar-refractivity contribution in [3.63, 3.8) is 0 Å². The van der Waals surface area contributed by atoms with Crippen LogP contribution in [0.5, 0.6) is 11.6 Å². The molecular formula is C39H43Cl3F2N6O7S2. The average molecular weight is 916 g/mol. The highest BCUT2D eigenvalue weighted by Crippen LogP contribution is 2.46. The summed E-state index contributed by atoms with van der Waals surface area (Å²) in [6.45, 7) is 9.10. The van der Waals surface area contributed by atoms with Crippen LogP contribution in [0.4, 0.5) is 13.9 Å². The first-order valence-electron chi connectivity index (χ1n) is 18.2. The normalized spacial score (nSPS) is 21.7. The minimum absolute atomic E-state index is 0. The average Bonchev–Trinajstić information content (AvgIpc) is 4.04. The number of sulfonamides is 1. The molecule has 13 nitrogen and oxygen atoms in total. The predicted octanol–water partition coefficient (Wildman–Crippen LogP) is 6.69. The quantitative estimate of drug-likeness (QED) is 0.123. The lowest BCUT2D eigenvalue weighted by Crippen LogP contribution is -2.58. The summed E-state index contributed by atoms with van der Waals surface area (Å²) >= 11 is 7.40. The van der Waals surface area contributed by atoms with Gasteiger partial charge in [-0.1, -0.05) is 44.5 Å². The van der Waals surface area contributed by atoms with Gasteiger partial charge in [-0.25, -0.2) is 27.2 Å². The van der Waals surface area contributed by atoms with Crippen molar-refractivity contribution < 1.29 is 41.1 Å². The van der Waals surface area contributed by atoms with E-state index in [1.54, 1.807) is 18.2 Å². The number of fused-ring (bicyclic) bond motifs is 1. The van der Waals surface area contributed by atoms with Crippen molar-refractivity contribution in [2.75, 3.05) is 19.0 Å². The monoisotopic (exact) mass is 914 g/mol. The van der Waals surface area contributed by atoms with Crippen molar-refractivity contribution in [2.45, 2.75) is 75.4 Å². The number of rotatable bonds is 13. The van der Waals surface area contributed by atoms with Crippen LogP contribution in [0.25, 0.3) is 22.0 Å². The molecule has 59 heavy (non-hydrogen) atoms. The van der Waals surface area contributed by atoms with Crippen molar-refractivity contribution in [2.24, 2.45) is 11.3 Å². The molecule has 3 aliphatic rings. The van der Waals surface area contributed by atoms with Crippen molar-refractivity contribution in [1.82, 2.24) is 24.9 Å². The molecule has 0 bridgehead atoms. The van der Waals surface area contributed by atoms with E-state index < -0.39 is 79.7 Å². The fourth-order valence-electron chi connectivity index (χ4n) is 7.11. The van der Waals surface area contributed by atoms with Gasteiger partial charge in [0.25, 0.3) is 5.91 Å². The molecule has 5 atom stereocenters. The van der Waals surface area contributed by atoms with Crippen LogP contribution in [0.15, 0.2) is 60.6 Å². The lowest BCUT2D eigenvalue weighted by Gasteiger charge is -2.35. The zero-order valence-electron chi connectivity index (χ0n) is 32.3. The highest BCUT2D eigenvalue weighted by atomic mass is 35.5. The first kappa shape index (κ1) is 45.8. The second kappa shape index (κ2) is 17.4. The number of nitrogens with zero attached hydrogens (tertiary/aromatic N) is 3. The molecule has 2 aromatic carbocycles. The summed E-state index contributed by atoms with van der Waals surface area (Å²) in [4.78, 5) is 53.0. The first-order valence-corrected chi connectivity index (χ1v) is 21.0. The Morgan fingerprint density at radius 3 is 2.42 bits per heavy atom. The van der Waals surface area contributed by atoms with E-state index in [-0.39, 0.29) is 66.5 Å². The highest BCUT2D eigenvalue weighted by molar-refractivity contribution is 7.91. The third-order valence-electron chi connectivity index (χ3n) is 10.5. The molecule has 0 spiro atoms. The van der Waals surface area contributed by atoms with Gasteiger partial charge in [-0.3, -0.25) is 19.1 Å². The number of carbonyl (C=O) groups is 3. The number of thiazole rings is 1. The minimum atomic E-state index is -3.94. The molecule has 3 heterocycles. The van der Waals surface area contributed by atoms with E-state index in [1.807, 2.05) is 20.8 Å². The standard InChI is InChI=1S/C39H41ClF2N6O7S2.2ClH/c1-6-20-16-39(20,36(51)47-57(52,53)23-11-12-23)46-33(49)29-15-22(55-34-25-14-21(40)10-13-24(25)30(54-5)17-43-34)18-48(29)35(50)32(38(2,3)4)45-37-44-28(19-56-37)31-26(41)8-7-9-27(31)42;;/h6-10,13-14,17,19-20,22-23,29,32H,1,11-12,15-16,18H2,2-5H3,(H,44,45)(H,46,49)(H,47,51);2*1H/t20-,22-,29+,32-,39-;;/m1../s1. The molecule has 4 aromatic rings. The number of methoxy groups -OCH3 is 1. The van der Waals surface area contributed by atoms with Gasteiger partial charge in [-0.2, -0.15) is 0 Å². The van der Waals surface area contributed by atoms with Gasteiger partial charge in [-0.05, 0) is 55.0 Å². The van der Waals surface area contributed by atoms with E-state index in [9.17, 15) is 31.6 Å². The number of benzene rings is 2. The number of ether oxygens (including phenoxy) is 2. The van der Waals surface area contributed by atoms with E-state index in [0.29, 0.717) is 34.4 Å². The van der Waals surface area contributed by atoms with Crippen molar-refractivity contribution in [3.05, 3.63) is 77.3 Å². The molecule has 2 saturated carbocycles. The Bertz CT molecular complexity index is 2380. The third kappa shape index (κ3) is 9.23. The number of carbonyl (C=O) groups excluding carboxylic acids is 3. The van der Waals surface area contributed by atoms with Gasteiger partial charge in [-0.15, -0.1) is 42.7 Å². The summed E-state index contributed by atoms with van der Waals surface area (Å²) < 4.78 is 68.8. The van der Waals surface area contributed by atoms with Gasteiger partial charge in [0.2, 0.25) is 27.7 Å². The second-order valence-electron chi connectivity index (χ2n) is 15.6. The Morgan fingerprint density at radius 2 is 1.81 bits per heavy atom. The van der Waals surface area contributed by atoms with Crippen LogP contribution in [-0.2, 0) is 24.4 Å². The summed E-state index contributed by atoms with van der Waals surface area (Å²) in [6.07, 6.45) is 3.12. The molecule has 318 valence electrons. The largest absolute Gasteiger partial charge is 0.494 e. The SMILES string of the molecule is C=C[C@@H]1C[C@]1(NC(=O)[C@@H]1C[C@@H](Oc2ncc(OC)c3ccc(Cl)cc23)CN1C(=O)[C@@H](Nc1nc(-c2c(F)cccc2F)cs1)C(C)(C)C)C(=O)NS(=O)(=O)C1CC1.Cl.Cl. The Morgan fingerprint density at radius 1 is 1.12 bits per heavy atom. The number of hydrogen-bond acceptors (Lipinski definition) is 11. The van der Waals surface area contributed by atoms with Crippen molar-refractivity contribution in [3.8, 4) is 22.9 Å². The van der Waals surface area contributed by atoms with Gasteiger partial charge < -0.3 is 25.0 Å². The number of hydrogen-bond donors (Lipinski definition) is 3. The van der Waals surface area contributed by atoms with Crippen LogP contribution in [0.1, 0.15) is 46.5 Å². The third-order valence-corrected chi connectivity index (χ3v) is 13.3. The summed E-state index contributed by atoms with van der Waals surface area (Å²) in [5, 5.41) is 8.56. The maximum absolute atomic E-state index is 14.8. The Labute approximate surface area is 361 Å². The molecule has 1 aliphatic heterocycles. The van der Waals surface area contributed by atoms with E-state index in [2.05, 4.69) is 31.9 Å². The van der Waals surface area contributed by atoms with E-state index in [0.717, 1.165) is 23.5 Å². The van der Waals surface area contributed by atoms with Crippen LogP contribution in [-0.4, -0.2) is 83.6 Å². The van der Waals surface area contributed by atoms with Gasteiger partial charge in [0.15, 0.2) is 5.13 Å². The predicted molar refractivity (Wildman–Crippen MR) is 226 cm³/mol. The Hall–Kier alpha value is -4.29. The first-order chi connectivity index (χ1) is 26.9. The summed E-state index contributed by atoms with van der Waals surface area (Å²) in [5.41, 5.74) is -2.67. The van der Waals surface area contributed by atoms with E-state index >= 15 is 0 Å².